The van der Waals surface area contributed by atoms with Crippen molar-refractivity contribution >= 4 is 51.9 Å². The molecule has 3 N–H and O–H groups in total. The van der Waals surface area contributed by atoms with E-state index in [4.69, 9.17) is 12.2 Å². The Morgan fingerprint density at radius 1 is 0.852 bits per heavy atom. The van der Waals surface area contributed by atoms with E-state index in [2.05, 4.69) is 16.0 Å². The summed E-state index contributed by atoms with van der Waals surface area (Å²) >= 11 is 6.57. The molecule has 0 radical (unpaired) electrons. The highest BCUT2D eigenvalue weighted by Gasteiger charge is 2.09. The van der Waals surface area contributed by atoms with Crippen molar-refractivity contribution in [2.75, 3.05) is 10.6 Å². The zero-order chi connectivity index (χ0) is 19.2. The van der Waals surface area contributed by atoms with Crippen molar-refractivity contribution in [2.45, 2.75) is 6.92 Å². The van der Waals surface area contributed by atoms with Gasteiger partial charge in [-0.05, 0) is 67.0 Å². The molecule has 0 fully saturated rings. The first-order valence-corrected chi connectivity index (χ1v) is 9.44. The number of aryl methyl sites for hydroxylation is 1. The molecular weight excluding hydrogens is 378 g/mol. The maximum absolute atomic E-state index is 12.2. The molecule has 27 heavy (non-hydrogen) atoms. The van der Waals surface area contributed by atoms with Crippen LogP contribution >= 0.6 is 23.6 Å². The third-order valence-corrected chi connectivity index (χ3v) is 4.76. The van der Waals surface area contributed by atoms with Gasteiger partial charge in [-0.1, -0.05) is 23.8 Å². The van der Waals surface area contributed by atoms with E-state index in [0.717, 1.165) is 5.56 Å². The van der Waals surface area contributed by atoms with E-state index >= 15 is 0 Å². The van der Waals surface area contributed by atoms with Crippen molar-refractivity contribution < 1.29 is 9.59 Å². The Balaban J connectivity index is 1.54. The van der Waals surface area contributed by atoms with E-state index in [1.165, 1.54) is 11.3 Å². The highest BCUT2D eigenvalue weighted by atomic mass is 32.1. The number of anilines is 2. The van der Waals surface area contributed by atoms with Crippen molar-refractivity contribution in [1.82, 2.24) is 5.32 Å². The van der Waals surface area contributed by atoms with E-state index in [0.29, 0.717) is 21.8 Å². The summed E-state index contributed by atoms with van der Waals surface area (Å²) < 4.78 is 0. The van der Waals surface area contributed by atoms with Crippen LogP contribution in [0.2, 0.25) is 0 Å². The summed E-state index contributed by atoms with van der Waals surface area (Å²) in [6.45, 7) is 1.96. The maximum Gasteiger partial charge on any atom is 0.265 e. The van der Waals surface area contributed by atoms with E-state index < -0.39 is 0 Å². The fourth-order valence-electron chi connectivity index (χ4n) is 2.28. The van der Waals surface area contributed by atoms with E-state index in [9.17, 15) is 9.59 Å². The molecule has 1 heterocycles. The van der Waals surface area contributed by atoms with Crippen molar-refractivity contribution in [3.05, 3.63) is 82.0 Å². The Morgan fingerprint density at radius 3 is 2.07 bits per heavy atom. The minimum atomic E-state index is -0.271. The maximum atomic E-state index is 12.2. The van der Waals surface area contributed by atoms with Crippen LogP contribution in [0, 0.1) is 6.92 Å². The normalized spacial score (nSPS) is 10.1. The van der Waals surface area contributed by atoms with E-state index in [-0.39, 0.29) is 16.9 Å². The molecule has 0 saturated carbocycles. The molecule has 0 spiro atoms. The van der Waals surface area contributed by atoms with Crippen LogP contribution in [0.3, 0.4) is 0 Å². The van der Waals surface area contributed by atoms with Gasteiger partial charge in [-0.3, -0.25) is 14.9 Å². The van der Waals surface area contributed by atoms with Crippen LogP contribution in [0.5, 0.6) is 0 Å². The molecule has 2 aromatic carbocycles. The molecule has 5 nitrogen and oxygen atoms in total. The van der Waals surface area contributed by atoms with Crippen molar-refractivity contribution in [3.63, 3.8) is 0 Å². The van der Waals surface area contributed by atoms with Gasteiger partial charge in [0.15, 0.2) is 5.11 Å². The standard InChI is InChI=1S/C20H17N3O2S2/c1-13-4-6-14(7-5-13)18(24)23-20(26)22-16-10-8-15(9-11-16)21-19(25)17-3-2-12-27-17/h2-12H,1H3,(H,21,25)(H2,22,23,24,26). The van der Waals surface area contributed by atoms with Crippen LogP contribution in [-0.2, 0) is 0 Å². The van der Waals surface area contributed by atoms with Gasteiger partial charge in [-0.25, -0.2) is 0 Å². The third-order valence-electron chi connectivity index (χ3n) is 3.69. The molecule has 2 amide bonds. The number of carbonyl (C=O) groups is 2. The first kappa shape index (κ1) is 18.8. The Morgan fingerprint density at radius 2 is 1.48 bits per heavy atom. The number of nitrogens with one attached hydrogen (secondary N) is 3. The number of carbonyl (C=O) groups excluding carboxylic acids is 2. The molecule has 0 unspecified atom stereocenters. The number of thiocarbonyl (C=S) groups is 1. The van der Waals surface area contributed by atoms with Crippen LogP contribution in [0.1, 0.15) is 25.6 Å². The lowest BCUT2D eigenvalue weighted by Gasteiger charge is -2.10. The van der Waals surface area contributed by atoms with Gasteiger partial charge in [0.25, 0.3) is 11.8 Å². The molecular formula is C20H17N3O2S2. The Labute approximate surface area is 166 Å². The fraction of sp³-hybridized carbons (Fsp3) is 0.0500. The average molecular weight is 396 g/mol. The molecule has 136 valence electrons. The predicted molar refractivity (Wildman–Crippen MR) is 114 cm³/mol. The molecule has 0 atom stereocenters. The van der Waals surface area contributed by atoms with Gasteiger partial charge in [-0.15, -0.1) is 11.3 Å². The molecule has 1 aromatic heterocycles. The Hall–Kier alpha value is -3.03. The summed E-state index contributed by atoms with van der Waals surface area (Å²) in [5, 5.41) is 10.5. The lowest BCUT2D eigenvalue weighted by Crippen LogP contribution is -2.34. The quantitative estimate of drug-likeness (QED) is 0.572. The zero-order valence-corrected chi connectivity index (χ0v) is 16.1. The van der Waals surface area contributed by atoms with Crippen LogP contribution < -0.4 is 16.0 Å². The molecule has 7 heteroatoms. The summed E-state index contributed by atoms with van der Waals surface area (Å²) in [5.74, 6) is -0.418. The fourth-order valence-corrected chi connectivity index (χ4v) is 3.11. The number of amides is 2. The van der Waals surface area contributed by atoms with Gasteiger partial charge < -0.3 is 10.6 Å². The monoisotopic (exact) mass is 395 g/mol. The van der Waals surface area contributed by atoms with Gasteiger partial charge in [0.05, 0.1) is 4.88 Å². The molecule has 3 rings (SSSR count). The molecule has 3 aromatic rings. The van der Waals surface area contributed by atoms with Gasteiger partial charge in [0.2, 0.25) is 0 Å². The van der Waals surface area contributed by atoms with Crippen molar-refractivity contribution in [3.8, 4) is 0 Å². The number of hydrogen-bond donors (Lipinski definition) is 3. The summed E-state index contributed by atoms with van der Waals surface area (Å²) in [7, 11) is 0. The minimum absolute atomic E-state index is 0.147. The largest absolute Gasteiger partial charge is 0.332 e. The van der Waals surface area contributed by atoms with E-state index in [1.54, 1.807) is 42.5 Å². The van der Waals surface area contributed by atoms with Gasteiger partial charge in [0, 0.05) is 16.9 Å². The lowest BCUT2D eigenvalue weighted by molar-refractivity contribution is 0.0976. The average Bonchev–Trinajstić information content (AvgIpc) is 3.18. The predicted octanol–water partition coefficient (Wildman–Crippen LogP) is 4.44. The van der Waals surface area contributed by atoms with Crippen molar-refractivity contribution in [1.29, 1.82) is 0 Å². The number of hydrogen-bond acceptors (Lipinski definition) is 4. The second kappa shape index (κ2) is 8.57. The highest BCUT2D eigenvalue weighted by Crippen LogP contribution is 2.16. The summed E-state index contributed by atoms with van der Waals surface area (Å²) in [5.41, 5.74) is 3.00. The number of thiophene rings is 1. The van der Waals surface area contributed by atoms with E-state index in [1.807, 2.05) is 30.5 Å². The zero-order valence-electron chi connectivity index (χ0n) is 14.5. The topological polar surface area (TPSA) is 70.2 Å². The van der Waals surface area contributed by atoms with Crippen LogP contribution in [0.4, 0.5) is 11.4 Å². The Bertz CT molecular complexity index is 950. The third kappa shape index (κ3) is 5.22. The summed E-state index contributed by atoms with van der Waals surface area (Å²) in [4.78, 5) is 24.8. The molecule has 0 aliphatic carbocycles. The second-order valence-corrected chi connectivity index (χ2v) is 7.14. The van der Waals surface area contributed by atoms with Crippen LogP contribution in [0.15, 0.2) is 66.0 Å². The first-order chi connectivity index (χ1) is 13.0. The van der Waals surface area contributed by atoms with Crippen LogP contribution in [-0.4, -0.2) is 16.9 Å². The van der Waals surface area contributed by atoms with Crippen LogP contribution in [0.25, 0.3) is 0 Å². The highest BCUT2D eigenvalue weighted by molar-refractivity contribution is 7.80. The van der Waals surface area contributed by atoms with Gasteiger partial charge in [-0.2, -0.15) is 0 Å². The molecule has 0 aliphatic heterocycles. The first-order valence-electron chi connectivity index (χ1n) is 8.15. The Kier molecular flexibility index (Phi) is 5.95. The number of rotatable bonds is 4. The molecule has 0 aliphatic rings. The minimum Gasteiger partial charge on any atom is -0.332 e. The molecule has 0 bridgehead atoms. The number of benzene rings is 2. The van der Waals surface area contributed by atoms with Gasteiger partial charge in [0.1, 0.15) is 0 Å². The summed E-state index contributed by atoms with van der Waals surface area (Å²) in [6, 6.07) is 17.9. The SMILES string of the molecule is Cc1ccc(C(=O)NC(=S)Nc2ccc(NC(=O)c3cccs3)cc2)cc1. The van der Waals surface area contributed by atoms with Crippen molar-refractivity contribution in [2.24, 2.45) is 0 Å². The smallest absolute Gasteiger partial charge is 0.265 e. The summed E-state index contributed by atoms with van der Waals surface area (Å²) in [6.07, 6.45) is 0. The van der Waals surface area contributed by atoms with Gasteiger partial charge >= 0.3 is 0 Å². The lowest BCUT2D eigenvalue weighted by atomic mass is 10.1. The molecule has 0 saturated heterocycles. The second-order valence-electron chi connectivity index (χ2n) is 5.78.